The molecule has 0 heterocycles. The number of carbonyl (C=O) groups is 1. The molecule has 0 saturated heterocycles. The number of nitrogens with two attached hydrogens (primary N) is 1. The molecule has 3 heteroatoms. The van der Waals surface area contributed by atoms with Gasteiger partial charge in [0.2, 0.25) is 5.91 Å². The summed E-state index contributed by atoms with van der Waals surface area (Å²) in [6, 6.07) is -0.176. The lowest BCUT2D eigenvalue weighted by molar-refractivity contribution is -0.125. The zero-order chi connectivity index (χ0) is 9.84. The molecular formula is C10H16N2O. The first-order valence-electron chi connectivity index (χ1n) is 4.67. The van der Waals surface area contributed by atoms with Crippen molar-refractivity contribution in [2.75, 3.05) is 0 Å². The first kappa shape index (κ1) is 10.1. The molecule has 0 aromatic carbocycles. The summed E-state index contributed by atoms with van der Waals surface area (Å²) in [6.45, 7) is 1.79. The van der Waals surface area contributed by atoms with Crippen LogP contribution in [0.2, 0.25) is 0 Å². The average molecular weight is 180 g/mol. The van der Waals surface area contributed by atoms with Crippen molar-refractivity contribution in [3.05, 3.63) is 0 Å². The van der Waals surface area contributed by atoms with E-state index < -0.39 is 0 Å². The van der Waals surface area contributed by atoms with Crippen molar-refractivity contribution in [1.29, 1.82) is 0 Å². The smallest absolute Gasteiger partial charge is 0.225 e. The van der Waals surface area contributed by atoms with Gasteiger partial charge >= 0.3 is 0 Å². The second-order valence-electron chi connectivity index (χ2n) is 3.60. The second-order valence-corrected chi connectivity index (χ2v) is 3.60. The Morgan fingerprint density at radius 1 is 1.69 bits per heavy atom. The third-order valence-corrected chi connectivity index (χ3v) is 2.51. The van der Waals surface area contributed by atoms with Gasteiger partial charge in [-0.2, -0.15) is 0 Å². The van der Waals surface area contributed by atoms with Crippen LogP contribution in [0.1, 0.15) is 26.2 Å². The highest BCUT2D eigenvalue weighted by Gasteiger charge is 2.30. The first-order chi connectivity index (χ1) is 6.15. The molecule has 3 nitrogen and oxygen atoms in total. The minimum atomic E-state index is -0.194. The Hall–Kier alpha value is -1.01. The molecule has 0 aliphatic heterocycles. The van der Waals surface area contributed by atoms with Crippen LogP contribution < -0.4 is 11.1 Å². The topological polar surface area (TPSA) is 55.1 Å². The zero-order valence-corrected chi connectivity index (χ0v) is 7.92. The summed E-state index contributed by atoms with van der Waals surface area (Å²) in [5, 5.41) is 2.75. The molecule has 0 spiro atoms. The molecule has 1 fully saturated rings. The van der Waals surface area contributed by atoms with Crippen LogP contribution in [0.15, 0.2) is 0 Å². The van der Waals surface area contributed by atoms with Crippen LogP contribution in [0.4, 0.5) is 0 Å². The summed E-state index contributed by atoms with van der Waals surface area (Å²) in [4.78, 5) is 11.5. The molecule has 1 aliphatic rings. The number of hydrogen-bond acceptors (Lipinski definition) is 2. The SMILES string of the molecule is C#CC(C)NC(=O)C1CCCC1N. The summed E-state index contributed by atoms with van der Waals surface area (Å²) >= 11 is 0. The fourth-order valence-corrected chi connectivity index (χ4v) is 1.68. The Balaban J connectivity index is 2.44. The highest BCUT2D eigenvalue weighted by atomic mass is 16.2. The molecule has 0 radical (unpaired) electrons. The predicted molar refractivity (Wildman–Crippen MR) is 51.8 cm³/mol. The van der Waals surface area contributed by atoms with E-state index in [0.29, 0.717) is 0 Å². The van der Waals surface area contributed by atoms with Crippen LogP contribution in [0, 0.1) is 18.3 Å². The van der Waals surface area contributed by atoms with Crippen molar-refractivity contribution < 1.29 is 4.79 Å². The van der Waals surface area contributed by atoms with E-state index in [1.807, 2.05) is 0 Å². The van der Waals surface area contributed by atoms with Crippen LogP contribution in [-0.4, -0.2) is 18.0 Å². The maximum atomic E-state index is 11.5. The van der Waals surface area contributed by atoms with Gasteiger partial charge in [0.25, 0.3) is 0 Å². The largest absolute Gasteiger partial charge is 0.342 e. The molecule has 3 atom stereocenters. The van der Waals surface area contributed by atoms with Gasteiger partial charge < -0.3 is 11.1 Å². The van der Waals surface area contributed by atoms with E-state index >= 15 is 0 Å². The summed E-state index contributed by atoms with van der Waals surface area (Å²) in [7, 11) is 0. The fourth-order valence-electron chi connectivity index (χ4n) is 1.68. The van der Waals surface area contributed by atoms with Crippen LogP contribution in [0.5, 0.6) is 0 Å². The number of rotatable bonds is 2. The van der Waals surface area contributed by atoms with Crippen molar-refractivity contribution >= 4 is 5.91 Å². The summed E-state index contributed by atoms with van der Waals surface area (Å²) < 4.78 is 0. The zero-order valence-electron chi connectivity index (χ0n) is 7.92. The minimum Gasteiger partial charge on any atom is -0.342 e. The molecule has 1 aliphatic carbocycles. The molecule has 13 heavy (non-hydrogen) atoms. The monoisotopic (exact) mass is 180 g/mol. The molecule has 3 unspecified atom stereocenters. The fraction of sp³-hybridized carbons (Fsp3) is 0.700. The average Bonchev–Trinajstić information content (AvgIpc) is 2.51. The molecule has 0 bridgehead atoms. The third kappa shape index (κ3) is 2.46. The van der Waals surface area contributed by atoms with E-state index in [9.17, 15) is 4.79 Å². The van der Waals surface area contributed by atoms with Gasteiger partial charge in [-0.15, -0.1) is 6.42 Å². The molecule has 1 saturated carbocycles. The van der Waals surface area contributed by atoms with E-state index in [1.54, 1.807) is 6.92 Å². The van der Waals surface area contributed by atoms with Gasteiger partial charge in [-0.1, -0.05) is 12.3 Å². The van der Waals surface area contributed by atoms with Crippen LogP contribution >= 0.6 is 0 Å². The third-order valence-electron chi connectivity index (χ3n) is 2.51. The van der Waals surface area contributed by atoms with Gasteiger partial charge in [0.05, 0.1) is 12.0 Å². The van der Waals surface area contributed by atoms with Gasteiger partial charge in [-0.3, -0.25) is 4.79 Å². The minimum absolute atomic E-state index is 0.00968. The molecule has 3 N–H and O–H groups in total. The highest BCUT2D eigenvalue weighted by Crippen LogP contribution is 2.23. The van der Waals surface area contributed by atoms with Crippen molar-refractivity contribution in [3.63, 3.8) is 0 Å². The first-order valence-corrected chi connectivity index (χ1v) is 4.67. The standard InChI is InChI=1S/C10H16N2O/c1-3-7(2)12-10(13)8-5-4-6-9(8)11/h1,7-9H,4-6,11H2,2H3,(H,12,13). The number of amides is 1. The summed E-state index contributed by atoms with van der Waals surface area (Å²) in [5.41, 5.74) is 5.78. The van der Waals surface area contributed by atoms with Crippen LogP contribution in [0.3, 0.4) is 0 Å². The number of hydrogen-bond donors (Lipinski definition) is 2. The number of terminal acetylenes is 1. The molecule has 72 valence electrons. The summed E-state index contributed by atoms with van der Waals surface area (Å²) in [6.07, 6.45) is 8.04. The van der Waals surface area contributed by atoms with Crippen LogP contribution in [0.25, 0.3) is 0 Å². The van der Waals surface area contributed by atoms with E-state index in [2.05, 4.69) is 11.2 Å². The van der Waals surface area contributed by atoms with Crippen LogP contribution in [-0.2, 0) is 4.79 Å². The Kier molecular flexibility index (Phi) is 3.32. The number of carbonyl (C=O) groups excluding carboxylic acids is 1. The molecule has 1 rings (SSSR count). The second kappa shape index (κ2) is 4.29. The van der Waals surface area contributed by atoms with Crippen molar-refractivity contribution in [1.82, 2.24) is 5.32 Å². The van der Waals surface area contributed by atoms with Crippen molar-refractivity contribution in [2.24, 2.45) is 11.7 Å². The Labute approximate surface area is 79.1 Å². The van der Waals surface area contributed by atoms with Crippen molar-refractivity contribution in [3.8, 4) is 12.3 Å². The van der Waals surface area contributed by atoms with Gasteiger partial charge in [0.15, 0.2) is 0 Å². The van der Waals surface area contributed by atoms with Gasteiger partial charge in [-0.05, 0) is 19.8 Å². The van der Waals surface area contributed by atoms with Gasteiger partial charge in [0, 0.05) is 6.04 Å². The maximum Gasteiger partial charge on any atom is 0.225 e. The highest BCUT2D eigenvalue weighted by molar-refractivity contribution is 5.80. The number of nitrogens with one attached hydrogen (secondary N) is 1. The quantitative estimate of drug-likeness (QED) is 0.599. The van der Waals surface area contributed by atoms with Gasteiger partial charge in [-0.25, -0.2) is 0 Å². The maximum absolute atomic E-state index is 11.5. The molecule has 0 aromatic heterocycles. The van der Waals surface area contributed by atoms with E-state index in [1.165, 1.54) is 0 Å². The lowest BCUT2D eigenvalue weighted by Gasteiger charge is -2.16. The Morgan fingerprint density at radius 2 is 2.38 bits per heavy atom. The molecule has 1 amide bonds. The lowest BCUT2D eigenvalue weighted by Crippen LogP contribution is -2.41. The van der Waals surface area contributed by atoms with E-state index in [-0.39, 0.29) is 23.9 Å². The predicted octanol–water partition coefficient (Wildman–Crippen LogP) is 0.252. The normalized spacial score (nSPS) is 29.3. The Morgan fingerprint density at radius 3 is 2.85 bits per heavy atom. The van der Waals surface area contributed by atoms with E-state index in [4.69, 9.17) is 12.2 Å². The van der Waals surface area contributed by atoms with Crippen molar-refractivity contribution in [2.45, 2.75) is 38.3 Å². The summed E-state index contributed by atoms with van der Waals surface area (Å²) in [5.74, 6) is 2.44. The molecular weight excluding hydrogens is 164 g/mol. The van der Waals surface area contributed by atoms with E-state index in [0.717, 1.165) is 19.3 Å². The lowest BCUT2D eigenvalue weighted by atomic mass is 10.0. The Bertz CT molecular complexity index is 232. The van der Waals surface area contributed by atoms with Gasteiger partial charge in [0.1, 0.15) is 0 Å². The molecule has 0 aromatic rings.